The van der Waals surface area contributed by atoms with Gasteiger partial charge in [-0.1, -0.05) is 6.92 Å². The maximum atomic E-state index is 12.6. The molecule has 1 unspecified atom stereocenters. The SMILES string of the molecule is S.[C-]#[N+][C@@H]1CCCN1C(=O)C(C)Cc1c[nH]c2ccc([N+](=O)[O-])cc12. The lowest BCUT2D eigenvalue weighted by atomic mass is 9.99. The molecule has 1 N–H and O–H groups in total. The Morgan fingerprint density at radius 3 is 3.00 bits per heavy atom. The summed E-state index contributed by atoms with van der Waals surface area (Å²) in [6, 6.07) is 4.68. The number of H-pyrrole nitrogens is 1. The van der Waals surface area contributed by atoms with Crippen LogP contribution in [0.3, 0.4) is 0 Å². The van der Waals surface area contributed by atoms with Crippen LogP contribution >= 0.6 is 13.5 Å². The lowest BCUT2D eigenvalue weighted by molar-refractivity contribution is -0.384. The predicted molar refractivity (Wildman–Crippen MR) is 99.5 cm³/mol. The molecule has 1 aromatic heterocycles. The molecule has 0 spiro atoms. The standard InChI is InChI=1S/C17H18N4O3.H2S/c1-11(17(22)20-7-3-4-16(20)18-2)8-12-10-19-15-6-5-13(21(23)24)9-14(12)15;/h5-6,9-11,16,19H,3-4,7-8H2,1H3;1H2/t11?,16-;/m0./s1. The van der Waals surface area contributed by atoms with Crippen LogP contribution in [-0.2, 0) is 11.2 Å². The van der Waals surface area contributed by atoms with Crippen LogP contribution in [0.25, 0.3) is 15.7 Å². The average Bonchev–Trinajstić information content (AvgIpc) is 3.20. The van der Waals surface area contributed by atoms with Gasteiger partial charge in [0.05, 0.1) is 4.92 Å². The summed E-state index contributed by atoms with van der Waals surface area (Å²) in [5, 5.41) is 11.7. The van der Waals surface area contributed by atoms with Crippen LogP contribution in [0, 0.1) is 22.6 Å². The summed E-state index contributed by atoms with van der Waals surface area (Å²) in [5.41, 5.74) is 1.73. The van der Waals surface area contributed by atoms with E-state index in [0.29, 0.717) is 13.0 Å². The molecule has 7 nitrogen and oxygen atoms in total. The number of rotatable bonds is 4. The van der Waals surface area contributed by atoms with Crippen molar-refractivity contribution < 1.29 is 9.72 Å². The highest BCUT2D eigenvalue weighted by Gasteiger charge is 2.35. The lowest BCUT2D eigenvalue weighted by Gasteiger charge is -2.20. The number of carbonyl (C=O) groups excluding carboxylic acids is 1. The van der Waals surface area contributed by atoms with Crippen molar-refractivity contribution in [1.82, 2.24) is 9.88 Å². The third-order valence-corrected chi connectivity index (χ3v) is 4.56. The average molecular weight is 360 g/mol. The molecule has 2 aromatic rings. The first-order chi connectivity index (χ1) is 11.5. The molecule has 1 aliphatic rings. The summed E-state index contributed by atoms with van der Waals surface area (Å²) >= 11 is 0. The minimum absolute atomic E-state index is 0. The van der Waals surface area contributed by atoms with E-state index in [1.165, 1.54) is 12.1 Å². The third-order valence-electron chi connectivity index (χ3n) is 4.56. The van der Waals surface area contributed by atoms with E-state index in [0.717, 1.165) is 29.3 Å². The van der Waals surface area contributed by atoms with Gasteiger partial charge in [-0.2, -0.15) is 13.5 Å². The highest BCUT2D eigenvalue weighted by molar-refractivity contribution is 7.59. The fraction of sp³-hybridized carbons (Fsp3) is 0.412. The van der Waals surface area contributed by atoms with Gasteiger partial charge in [-0.25, -0.2) is 6.57 Å². The van der Waals surface area contributed by atoms with Crippen molar-refractivity contribution in [2.24, 2.45) is 5.92 Å². The van der Waals surface area contributed by atoms with Crippen molar-refractivity contribution in [1.29, 1.82) is 0 Å². The molecule has 3 rings (SSSR count). The van der Waals surface area contributed by atoms with Gasteiger partial charge in [0.25, 0.3) is 5.69 Å². The molecule has 0 aliphatic carbocycles. The van der Waals surface area contributed by atoms with Crippen molar-refractivity contribution in [2.75, 3.05) is 6.54 Å². The number of hydrogen-bond acceptors (Lipinski definition) is 3. The molecule has 132 valence electrons. The number of nitrogens with zero attached hydrogens (tertiary/aromatic N) is 3. The molecule has 0 bridgehead atoms. The predicted octanol–water partition coefficient (Wildman–Crippen LogP) is 3.24. The highest BCUT2D eigenvalue weighted by atomic mass is 32.1. The number of nitrogens with one attached hydrogen (secondary N) is 1. The van der Waals surface area contributed by atoms with E-state index >= 15 is 0 Å². The second-order valence-electron chi connectivity index (χ2n) is 6.19. The lowest BCUT2D eigenvalue weighted by Crippen LogP contribution is -2.38. The highest BCUT2D eigenvalue weighted by Crippen LogP contribution is 2.27. The van der Waals surface area contributed by atoms with Crippen molar-refractivity contribution in [2.45, 2.75) is 32.4 Å². The summed E-state index contributed by atoms with van der Waals surface area (Å²) in [6.07, 6.45) is 3.55. The van der Waals surface area contributed by atoms with Crippen molar-refractivity contribution in [3.63, 3.8) is 0 Å². The Labute approximate surface area is 152 Å². The second kappa shape index (κ2) is 7.57. The van der Waals surface area contributed by atoms with Gasteiger partial charge in [-0.05, 0) is 24.5 Å². The van der Waals surface area contributed by atoms with Crippen LogP contribution in [0.1, 0.15) is 25.3 Å². The van der Waals surface area contributed by atoms with Crippen LogP contribution in [-0.4, -0.2) is 33.4 Å². The van der Waals surface area contributed by atoms with E-state index in [4.69, 9.17) is 6.57 Å². The molecular weight excluding hydrogens is 340 g/mol. The molecule has 1 fully saturated rings. The number of nitro groups is 1. The Balaban J connectivity index is 0.00000225. The monoisotopic (exact) mass is 360 g/mol. The van der Waals surface area contributed by atoms with Crippen molar-refractivity contribution in [3.05, 3.63) is 51.5 Å². The van der Waals surface area contributed by atoms with Gasteiger partial charge in [0.1, 0.15) is 0 Å². The molecule has 1 saturated heterocycles. The van der Waals surface area contributed by atoms with Crippen LogP contribution in [0.2, 0.25) is 0 Å². The van der Waals surface area contributed by atoms with Gasteiger partial charge in [0, 0.05) is 48.1 Å². The number of fused-ring (bicyclic) bond motifs is 1. The summed E-state index contributed by atoms with van der Waals surface area (Å²) < 4.78 is 0. The summed E-state index contributed by atoms with van der Waals surface area (Å²) in [4.78, 5) is 31.4. The molecule has 2 atom stereocenters. The number of likely N-dealkylation sites (tertiary alicyclic amines) is 1. The van der Waals surface area contributed by atoms with E-state index in [1.807, 2.05) is 6.92 Å². The van der Waals surface area contributed by atoms with E-state index in [2.05, 4.69) is 9.83 Å². The summed E-state index contributed by atoms with van der Waals surface area (Å²) in [6.45, 7) is 9.67. The minimum Gasteiger partial charge on any atom is -0.361 e. The molecule has 0 saturated carbocycles. The third kappa shape index (κ3) is 3.61. The molecule has 8 heteroatoms. The number of aromatic amines is 1. The number of amides is 1. The largest absolute Gasteiger partial charge is 0.361 e. The second-order valence-corrected chi connectivity index (χ2v) is 6.19. The number of carbonyl (C=O) groups is 1. The Hall–Kier alpha value is -2.53. The normalized spacial score (nSPS) is 17.8. The zero-order valence-corrected chi connectivity index (χ0v) is 14.9. The fourth-order valence-corrected chi connectivity index (χ4v) is 3.29. The molecular formula is C17H20N4O3S. The maximum absolute atomic E-state index is 12.6. The van der Waals surface area contributed by atoms with Gasteiger partial charge >= 0.3 is 6.17 Å². The van der Waals surface area contributed by atoms with Gasteiger partial charge in [-0.3, -0.25) is 24.7 Å². The Kier molecular flexibility index (Phi) is 5.69. The molecule has 1 aromatic carbocycles. The summed E-state index contributed by atoms with van der Waals surface area (Å²) in [5.74, 6) is -0.293. The first-order valence-corrected chi connectivity index (χ1v) is 7.92. The maximum Gasteiger partial charge on any atom is 0.300 e. The van der Waals surface area contributed by atoms with Crippen molar-refractivity contribution in [3.8, 4) is 0 Å². The quantitative estimate of drug-likeness (QED) is 0.516. The Morgan fingerprint density at radius 1 is 1.56 bits per heavy atom. The van der Waals surface area contributed by atoms with Gasteiger partial charge < -0.3 is 4.98 Å². The topological polar surface area (TPSA) is 83.6 Å². The van der Waals surface area contributed by atoms with E-state index in [1.54, 1.807) is 17.2 Å². The molecule has 1 amide bonds. The molecule has 1 aliphatic heterocycles. The van der Waals surface area contributed by atoms with Crippen LogP contribution < -0.4 is 0 Å². The fourth-order valence-electron chi connectivity index (χ4n) is 3.29. The van der Waals surface area contributed by atoms with E-state index < -0.39 is 4.92 Å². The first kappa shape index (κ1) is 18.8. The smallest absolute Gasteiger partial charge is 0.300 e. The first-order valence-electron chi connectivity index (χ1n) is 7.92. The minimum atomic E-state index is -0.421. The Morgan fingerprint density at radius 2 is 2.32 bits per heavy atom. The zero-order valence-electron chi connectivity index (χ0n) is 13.9. The van der Waals surface area contributed by atoms with Crippen LogP contribution in [0.5, 0.6) is 0 Å². The zero-order chi connectivity index (χ0) is 17.3. The number of non-ortho nitro benzene ring substituents is 1. The van der Waals surface area contributed by atoms with Crippen molar-refractivity contribution >= 4 is 36.0 Å². The molecule has 25 heavy (non-hydrogen) atoms. The van der Waals surface area contributed by atoms with Gasteiger partial charge in [0.15, 0.2) is 0 Å². The summed E-state index contributed by atoms with van der Waals surface area (Å²) in [7, 11) is 0. The molecule has 2 heterocycles. The van der Waals surface area contributed by atoms with Gasteiger partial charge in [-0.15, -0.1) is 0 Å². The van der Waals surface area contributed by atoms with Gasteiger partial charge in [0.2, 0.25) is 5.91 Å². The van der Waals surface area contributed by atoms with E-state index in [-0.39, 0.29) is 37.2 Å². The number of aromatic nitrogens is 1. The number of benzene rings is 1. The molecule has 0 radical (unpaired) electrons. The Bertz CT molecular complexity index is 842. The number of hydrogen-bond donors (Lipinski definition) is 1. The van der Waals surface area contributed by atoms with Crippen LogP contribution in [0.15, 0.2) is 24.4 Å². The van der Waals surface area contributed by atoms with E-state index in [9.17, 15) is 14.9 Å². The number of nitro benzene ring substituents is 1. The van der Waals surface area contributed by atoms with Crippen LogP contribution in [0.4, 0.5) is 5.69 Å².